The Kier molecular flexibility index (Phi) is 6.37. The Morgan fingerprint density at radius 3 is 2.10 bits per heavy atom. The van der Waals surface area contributed by atoms with Gasteiger partial charge in [0.1, 0.15) is 0 Å². The van der Waals surface area contributed by atoms with Gasteiger partial charge in [-0.2, -0.15) is 0 Å². The number of piperidine rings is 1. The Balaban J connectivity index is 1.60. The topological polar surface area (TPSA) is 127 Å². The molecule has 8 nitrogen and oxygen atoms in total. The van der Waals surface area contributed by atoms with Gasteiger partial charge in [0.25, 0.3) is 0 Å². The van der Waals surface area contributed by atoms with E-state index < -0.39 is 20.0 Å². The van der Waals surface area contributed by atoms with Gasteiger partial charge in [0.2, 0.25) is 26.0 Å². The fraction of sp³-hybridized carbons (Fsp3) is 0.316. The summed E-state index contributed by atoms with van der Waals surface area (Å²) in [5.41, 5.74) is 1.47. The first-order valence-corrected chi connectivity index (χ1v) is 12.2. The molecule has 1 aliphatic heterocycles. The third kappa shape index (κ3) is 5.41. The number of benzene rings is 2. The van der Waals surface area contributed by atoms with E-state index in [0.29, 0.717) is 25.1 Å². The molecule has 1 aliphatic rings. The minimum Gasteiger partial charge on any atom is -0.312 e. The maximum absolute atomic E-state index is 12.5. The summed E-state index contributed by atoms with van der Waals surface area (Å²) < 4.78 is 50.0. The molecule has 0 radical (unpaired) electrons. The molecule has 10 heteroatoms. The van der Waals surface area contributed by atoms with Crippen molar-refractivity contribution in [3.05, 3.63) is 54.1 Å². The summed E-state index contributed by atoms with van der Waals surface area (Å²) in [5, 5.41) is 5.05. The lowest BCUT2D eigenvalue weighted by atomic mass is 10.1. The smallest absolute Gasteiger partial charge is 0.240 e. The predicted molar refractivity (Wildman–Crippen MR) is 109 cm³/mol. The molecule has 1 fully saturated rings. The highest BCUT2D eigenvalue weighted by atomic mass is 32.2. The molecular weight excluding hydrogens is 414 g/mol. The number of nitrogens with two attached hydrogens (primary N) is 1. The minimum absolute atomic E-state index is 0.00843. The van der Waals surface area contributed by atoms with Gasteiger partial charge in [-0.1, -0.05) is 12.1 Å². The van der Waals surface area contributed by atoms with Crippen molar-refractivity contribution in [2.45, 2.75) is 35.5 Å². The Bertz CT molecular complexity index is 1080. The molecule has 1 saturated heterocycles. The van der Waals surface area contributed by atoms with Gasteiger partial charge in [0.05, 0.1) is 9.79 Å². The van der Waals surface area contributed by atoms with E-state index >= 15 is 0 Å². The first-order chi connectivity index (χ1) is 13.7. The van der Waals surface area contributed by atoms with Crippen LogP contribution in [0.1, 0.15) is 24.8 Å². The molecule has 0 aromatic heterocycles. The predicted octanol–water partition coefficient (Wildman–Crippen LogP) is 1.37. The second kappa shape index (κ2) is 8.62. The zero-order valence-corrected chi connectivity index (χ0v) is 17.4. The van der Waals surface area contributed by atoms with Crippen LogP contribution in [0.25, 0.3) is 0 Å². The van der Waals surface area contributed by atoms with Crippen LogP contribution in [-0.4, -0.2) is 35.8 Å². The quantitative estimate of drug-likeness (QED) is 0.676. The van der Waals surface area contributed by atoms with Crippen LogP contribution in [0.5, 0.6) is 0 Å². The van der Waals surface area contributed by atoms with Crippen LogP contribution in [0.15, 0.2) is 58.3 Å². The zero-order chi connectivity index (χ0) is 21.1. The summed E-state index contributed by atoms with van der Waals surface area (Å²) in [6, 6.07) is 12.2. The van der Waals surface area contributed by atoms with Crippen molar-refractivity contribution >= 4 is 31.6 Å². The Morgan fingerprint density at radius 2 is 1.52 bits per heavy atom. The molecule has 1 amide bonds. The van der Waals surface area contributed by atoms with Crippen molar-refractivity contribution in [3.63, 3.8) is 0 Å². The first-order valence-electron chi connectivity index (χ1n) is 9.19. The number of nitrogens with one attached hydrogen (secondary N) is 1. The molecule has 0 atom stereocenters. The van der Waals surface area contributed by atoms with E-state index in [9.17, 15) is 21.6 Å². The zero-order valence-electron chi connectivity index (χ0n) is 15.7. The van der Waals surface area contributed by atoms with E-state index in [1.807, 2.05) is 0 Å². The number of anilines is 1. The SMILES string of the molecule is NS(=O)(=O)c1ccc(CCNS(=O)(=O)c2ccc(N3CCCCC3=O)cc2)cc1. The molecule has 156 valence electrons. The lowest BCUT2D eigenvalue weighted by Crippen LogP contribution is -2.35. The van der Waals surface area contributed by atoms with Crippen molar-refractivity contribution < 1.29 is 21.6 Å². The van der Waals surface area contributed by atoms with Gasteiger partial charge in [0.15, 0.2) is 0 Å². The molecule has 29 heavy (non-hydrogen) atoms. The number of primary sulfonamides is 1. The molecule has 0 unspecified atom stereocenters. The van der Waals surface area contributed by atoms with Gasteiger partial charge in [0, 0.05) is 25.2 Å². The van der Waals surface area contributed by atoms with Gasteiger partial charge < -0.3 is 4.90 Å². The summed E-state index contributed by atoms with van der Waals surface area (Å²) in [5.74, 6) is 0.0541. The largest absolute Gasteiger partial charge is 0.312 e. The number of nitrogens with zero attached hydrogens (tertiary/aromatic N) is 1. The summed E-state index contributed by atoms with van der Waals surface area (Å²) in [6.07, 6.45) is 2.73. The maximum atomic E-state index is 12.5. The van der Waals surface area contributed by atoms with Gasteiger partial charge in [-0.25, -0.2) is 26.7 Å². The monoisotopic (exact) mass is 437 g/mol. The van der Waals surface area contributed by atoms with E-state index in [0.717, 1.165) is 18.4 Å². The van der Waals surface area contributed by atoms with Crippen LogP contribution in [0.3, 0.4) is 0 Å². The molecule has 3 rings (SSSR count). The molecule has 3 N–H and O–H groups in total. The van der Waals surface area contributed by atoms with E-state index in [1.54, 1.807) is 29.2 Å². The van der Waals surface area contributed by atoms with E-state index in [-0.39, 0.29) is 22.2 Å². The van der Waals surface area contributed by atoms with Crippen molar-refractivity contribution in [3.8, 4) is 0 Å². The summed E-state index contributed by atoms with van der Waals surface area (Å²) in [6.45, 7) is 0.802. The number of hydrogen-bond donors (Lipinski definition) is 2. The average molecular weight is 438 g/mol. The minimum atomic E-state index is -3.75. The highest BCUT2D eigenvalue weighted by Gasteiger charge is 2.20. The summed E-state index contributed by atoms with van der Waals surface area (Å²) in [4.78, 5) is 13.8. The number of carbonyl (C=O) groups excluding carboxylic acids is 1. The van der Waals surface area contributed by atoms with Crippen LogP contribution in [0, 0.1) is 0 Å². The Labute approximate surface area is 170 Å². The summed E-state index contributed by atoms with van der Waals surface area (Å²) >= 11 is 0. The normalized spacial score (nSPS) is 15.5. The Morgan fingerprint density at radius 1 is 0.897 bits per heavy atom. The molecule has 2 aromatic carbocycles. The van der Waals surface area contributed by atoms with Gasteiger partial charge >= 0.3 is 0 Å². The van der Waals surface area contributed by atoms with Crippen LogP contribution in [-0.2, 0) is 31.3 Å². The van der Waals surface area contributed by atoms with Crippen molar-refractivity contribution in [2.75, 3.05) is 18.0 Å². The molecule has 0 saturated carbocycles. The molecule has 2 aromatic rings. The highest BCUT2D eigenvalue weighted by Crippen LogP contribution is 2.22. The maximum Gasteiger partial charge on any atom is 0.240 e. The fourth-order valence-electron chi connectivity index (χ4n) is 3.14. The third-order valence-corrected chi connectivity index (χ3v) is 7.15. The fourth-order valence-corrected chi connectivity index (χ4v) is 4.69. The standard InChI is InChI=1S/C19H23N3O5S2/c20-28(24,25)17-8-4-15(5-9-17)12-13-21-29(26,27)18-10-6-16(7-11-18)22-14-2-1-3-19(22)23/h4-11,21H,1-3,12-14H2,(H2,20,24,25). The molecule has 0 bridgehead atoms. The second-order valence-corrected chi connectivity index (χ2v) is 10.2. The number of carbonyl (C=O) groups is 1. The van der Waals surface area contributed by atoms with Crippen LogP contribution in [0.2, 0.25) is 0 Å². The van der Waals surface area contributed by atoms with Gasteiger partial charge in [-0.05, 0) is 61.2 Å². The number of hydrogen-bond acceptors (Lipinski definition) is 5. The number of amides is 1. The van der Waals surface area contributed by atoms with Crippen molar-refractivity contribution in [2.24, 2.45) is 5.14 Å². The van der Waals surface area contributed by atoms with Crippen LogP contribution >= 0.6 is 0 Å². The Hall–Kier alpha value is -2.27. The third-order valence-electron chi connectivity index (χ3n) is 4.74. The summed E-state index contributed by atoms with van der Waals surface area (Å²) in [7, 11) is -7.44. The first kappa shape index (κ1) is 21.4. The van der Waals surface area contributed by atoms with E-state index in [2.05, 4.69) is 4.72 Å². The lowest BCUT2D eigenvalue weighted by molar-refractivity contribution is -0.119. The molecule has 0 aliphatic carbocycles. The van der Waals surface area contributed by atoms with Crippen molar-refractivity contribution in [1.29, 1.82) is 0 Å². The van der Waals surface area contributed by atoms with E-state index in [4.69, 9.17) is 5.14 Å². The van der Waals surface area contributed by atoms with E-state index in [1.165, 1.54) is 24.3 Å². The van der Waals surface area contributed by atoms with Crippen molar-refractivity contribution in [1.82, 2.24) is 4.72 Å². The molecular formula is C19H23N3O5S2. The van der Waals surface area contributed by atoms with Crippen LogP contribution < -0.4 is 14.8 Å². The van der Waals surface area contributed by atoms with Gasteiger partial charge in [-0.3, -0.25) is 4.79 Å². The highest BCUT2D eigenvalue weighted by molar-refractivity contribution is 7.89. The second-order valence-electron chi connectivity index (χ2n) is 6.83. The molecule has 0 spiro atoms. The number of rotatable bonds is 7. The average Bonchev–Trinajstić information content (AvgIpc) is 2.68. The lowest BCUT2D eigenvalue weighted by Gasteiger charge is -2.26. The molecule has 1 heterocycles. The van der Waals surface area contributed by atoms with Crippen LogP contribution in [0.4, 0.5) is 5.69 Å². The van der Waals surface area contributed by atoms with Gasteiger partial charge in [-0.15, -0.1) is 0 Å². The number of sulfonamides is 2.